The van der Waals surface area contributed by atoms with Crippen molar-refractivity contribution >= 4 is 0 Å². The number of oxazole rings is 1. The van der Waals surface area contributed by atoms with Gasteiger partial charge in [-0.1, -0.05) is 0 Å². The lowest BCUT2D eigenvalue weighted by Gasteiger charge is -2.24. The Bertz CT molecular complexity index is 558. The molecule has 2 aromatic rings. The topological polar surface area (TPSA) is 49.5 Å². The van der Waals surface area contributed by atoms with Gasteiger partial charge in [-0.2, -0.15) is 0 Å². The minimum atomic E-state index is -0.752. The van der Waals surface area contributed by atoms with Crippen LogP contribution in [0, 0.1) is 5.82 Å². The van der Waals surface area contributed by atoms with Crippen molar-refractivity contribution in [2.45, 2.75) is 26.0 Å². The van der Waals surface area contributed by atoms with Gasteiger partial charge in [-0.05, 0) is 45.2 Å². The molecule has 1 aromatic carbocycles. The quantitative estimate of drug-likeness (QED) is 0.913. The summed E-state index contributed by atoms with van der Waals surface area (Å²) >= 11 is 0. The van der Waals surface area contributed by atoms with Crippen LogP contribution in [0.1, 0.15) is 19.5 Å². The van der Waals surface area contributed by atoms with Crippen molar-refractivity contribution in [3.05, 3.63) is 42.0 Å². The molecule has 0 aliphatic carbocycles. The van der Waals surface area contributed by atoms with Crippen molar-refractivity contribution in [1.29, 1.82) is 0 Å². The molecule has 20 heavy (non-hydrogen) atoms. The number of likely N-dealkylation sites (N-methyl/N-ethyl adjacent to an activating group) is 1. The highest BCUT2D eigenvalue weighted by Crippen LogP contribution is 2.19. The summed E-state index contributed by atoms with van der Waals surface area (Å²) in [4.78, 5) is 6.33. The highest BCUT2D eigenvalue weighted by atomic mass is 19.1. The lowest BCUT2D eigenvalue weighted by Crippen LogP contribution is -2.35. The number of hydrogen-bond donors (Lipinski definition) is 1. The van der Waals surface area contributed by atoms with Gasteiger partial charge in [0, 0.05) is 18.7 Å². The summed E-state index contributed by atoms with van der Waals surface area (Å²) in [6.45, 7) is 4.63. The van der Waals surface area contributed by atoms with Crippen LogP contribution in [-0.2, 0) is 6.54 Å². The molecule has 108 valence electrons. The van der Waals surface area contributed by atoms with Crippen molar-refractivity contribution in [3.8, 4) is 11.5 Å². The van der Waals surface area contributed by atoms with Crippen molar-refractivity contribution in [2.24, 2.45) is 0 Å². The van der Waals surface area contributed by atoms with Crippen molar-refractivity contribution < 1.29 is 13.9 Å². The Morgan fingerprint density at radius 3 is 2.55 bits per heavy atom. The van der Waals surface area contributed by atoms with Gasteiger partial charge in [0.2, 0.25) is 5.89 Å². The van der Waals surface area contributed by atoms with Crippen molar-refractivity contribution in [1.82, 2.24) is 9.88 Å². The van der Waals surface area contributed by atoms with E-state index < -0.39 is 5.60 Å². The fourth-order valence-corrected chi connectivity index (χ4v) is 2.10. The van der Waals surface area contributed by atoms with Crippen LogP contribution in [0.15, 0.2) is 34.9 Å². The second-order valence-electron chi connectivity index (χ2n) is 5.64. The molecule has 0 saturated carbocycles. The van der Waals surface area contributed by atoms with Gasteiger partial charge in [-0.25, -0.2) is 9.37 Å². The molecule has 0 radical (unpaired) electrons. The molecule has 4 nitrogen and oxygen atoms in total. The molecular weight excluding hydrogens is 259 g/mol. The van der Waals surface area contributed by atoms with Crippen LogP contribution in [0.25, 0.3) is 11.5 Å². The maximum absolute atomic E-state index is 12.9. The Balaban J connectivity index is 2.04. The molecule has 5 heteroatoms. The van der Waals surface area contributed by atoms with E-state index in [1.165, 1.54) is 12.1 Å². The van der Waals surface area contributed by atoms with E-state index in [-0.39, 0.29) is 5.82 Å². The molecule has 0 saturated heterocycles. The number of hydrogen-bond acceptors (Lipinski definition) is 4. The molecule has 0 fully saturated rings. The molecule has 0 aliphatic rings. The molecule has 2 rings (SSSR count). The van der Waals surface area contributed by atoms with Gasteiger partial charge >= 0.3 is 0 Å². The molecule has 0 amide bonds. The Morgan fingerprint density at radius 1 is 1.30 bits per heavy atom. The monoisotopic (exact) mass is 278 g/mol. The predicted molar refractivity (Wildman–Crippen MR) is 74.5 cm³/mol. The van der Waals surface area contributed by atoms with Crippen LogP contribution < -0.4 is 0 Å². The van der Waals surface area contributed by atoms with E-state index in [9.17, 15) is 9.50 Å². The van der Waals surface area contributed by atoms with E-state index in [0.717, 1.165) is 11.3 Å². The summed E-state index contributed by atoms with van der Waals surface area (Å²) in [7, 11) is 1.91. The van der Waals surface area contributed by atoms with Crippen LogP contribution in [0.4, 0.5) is 4.39 Å². The normalized spacial score (nSPS) is 12.1. The zero-order chi connectivity index (χ0) is 14.8. The molecule has 1 heterocycles. The summed E-state index contributed by atoms with van der Waals surface area (Å²) in [5.74, 6) is 0.182. The molecule has 0 atom stereocenters. The highest BCUT2D eigenvalue weighted by molar-refractivity contribution is 5.52. The van der Waals surface area contributed by atoms with E-state index >= 15 is 0 Å². The number of aliphatic hydroxyl groups is 1. The van der Waals surface area contributed by atoms with Gasteiger partial charge in [0.25, 0.3) is 0 Å². The van der Waals surface area contributed by atoms with Crippen LogP contribution in [0.3, 0.4) is 0 Å². The van der Waals surface area contributed by atoms with E-state index in [1.54, 1.807) is 32.2 Å². The second-order valence-corrected chi connectivity index (χ2v) is 5.64. The van der Waals surface area contributed by atoms with Crippen LogP contribution in [0.5, 0.6) is 0 Å². The zero-order valence-electron chi connectivity index (χ0n) is 11.9. The third kappa shape index (κ3) is 4.15. The predicted octanol–water partition coefficient (Wildman–Crippen LogP) is 2.68. The van der Waals surface area contributed by atoms with E-state index in [2.05, 4.69) is 4.98 Å². The average Bonchev–Trinajstić information content (AvgIpc) is 2.75. The number of halogens is 1. The van der Waals surface area contributed by atoms with Gasteiger partial charge in [-0.3, -0.25) is 4.90 Å². The lowest BCUT2D eigenvalue weighted by atomic mass is 10.1. The minimum Gasteiger partial charge on any atom is -0.444 e. The van der Waals surface area contributed by atoms with Crippen molar-refractivity contribution in [3.63, 3.8) is 0 Å². The molecule has 0 spiro atoms. The largest absolute Gasteiger partial charge is 0.444 e. The first-order chi connectivity index (χ1) is 9.33. The first-order valence-corrected chi connectivity index (χ1v) is 6.45. The first-order valence-electron chi connectivity index (χ1n) is 6.45. The maximum atomic E-state index is 12.9. The third-order valence-corrected chi connectivity index (χ3v) is 2.73. The van der Waals surface area contributed by atoms with Gasteiger partial charge < -0.3 is 9.52 Å². The number of aromatic nitrogens is 1. The van der Waals surface area contributed by atoms with E-state index in [0.29, 0.717) is 19.0 Å². The number of nitrogens with zero attached hydrogens (tertiary/aromatic N) is 2. The molecule has 0 bridgehead atoms. The second kappa shape index (κ2) is 5.73. The van der Waals surface area contributed by atoms with Crippen LogP contribution >= 0.6 is 0 Å². The number of benzene rings is 1. The molecule has 0 aliphatic heterocycles. The molecule has 0 unspecified atom stereocenters. The van der Waals surface area contributed by atoms with Crippen LogP contribution in [0.2, 0.25) is 0 Å². The highest BCUT2D eigenvalue weighted by Gasteiger charge is 2.17. The summed E-state index contributed by atoms with van der Waals surface area (Å²) in [6.07, 6.45) is 1.58. The van der Waals surface area contributed by atoms with E-state index in [4.69, 9.17) is 4.42 Å². The smallest absolute Gasteiger partial charge is 0.226 e. The Morgan fingerprint density at radius 2 is 1.95 bits per heavy atom. The van der Waals surface area contributed by atoms with Crippen molar-refractivity contribution in [2.75, 3.05) is 13.6 Å². The maximum Gasteiger partial charge on any atom is 0.226 e. The average molecular weight is 278 g/mol. The third-order valence-electron chi connectivity index (χ3n) is 2.73. The summed E-state index contributed by atoms with van der Waals surface area (Å²) < 4.78 is 18.3. The zero-order valence-corrected chi connectivity index (χ0v) is 11.9. The summed E-state index contributed by atoms with van der Waals surface area (Å²) in [5.41, 5.74) is 0.761. The minimum absolute atomic E-state index is 0.287. The van der Waals surface area contributed by atoms with E-state index in [1.807, 2.05) is 11.9 Å². The standard InChI is InChI=1S/C15H19FN2O2/c1-15(2,19)10-18(3)8-13-9-20-14(17-13)11-4-6-12(16)7-5-11/h4-7,9,19H,8,10H2,1-3H3. The fraction of sp³-hybridized carbons (Fsp3) is 0.400. The van der Waals surface area contributed by atoms with Gasteiger partial charge in [-0.15, -0.1) is 0 Å². The first kappa shape index (κ1) is 14.7. The molecular formula is C15H19FN2O2. The summed E-state index contributed by atoms with van der Waals surface area (Å²) in [6, 6.07) is 6.01. The SMILES string of the molecule is CN(Cc1coc(-c2ccc(F)cc2)n1)CC(C)(C)O. The molecule has 1 aromatic heterocycles. The Hall–Kier alpha value is -1.72. The Labute approximate surface area is 117 Å². The van der Waals surface area contributed by atoms with Gasteiger partial charge in [0.1, 0.15) is 12.1 Å². The lowest BCUT2D eigenvalue weighted by molar-refractivity contribution is 0.0421. The van der Waals surface area contributed by atoms with Gasteiger partial charge in [0.05, 0.1) is 11.3 Å². The van der Waals surface area contributed by atoms with Gasteiger partial charge in [0.15, 0.2) is 0 Å². The van der Waals surface area contributed by atoms with Crippen LogP contribution in [-0.4, -0.2) is 34.2 Å². The number of rotatable bonds is 5. The molecule has 1 N–H and O–H groups in total. The fourth-order valence-electron chi connectivity index (χ4n) is 2.10. The Kier molecular flexibility index (Phi) is 4.20. The summed E-state index contributed by atoms with van der Waals surface area (Å²) in [5, 5.41) is 9.75.